The average Bonchev–Trinajstić information content (AvgIpc) is 2.20. The van der Waals surface area contributed by atoms with Gasteiger partial charge in [0.1, 0.15) is 16.8 Å². The smallest absolute Gasteiger partial charge is 0.134 e. The lowest BCUT2D eigenvalue weighted by Gasteiger charge is -2.28. The fourth-order valence-corrected chi connectivity index (χ4v) is 2.30. The molecule has 1 heterocycles. The topological polar surface area (TPSA) is 58.0 Å². The van der Waals surface area contributed by atoms with Gasteiger partial charge in [0.2, 0.25) is 0 Å². The highest BCUT2D eigenvalue weighted by Crippen LogP contribution is 2.22. The minimum Gasteiger partial charge on any atom is -0.391 e. The first-order valence-electron chi connectivity index (χ1n) is 5.61. The van der Waals surface area contributed by atoms with Crippen LogP contribution in [0.3, 0.4) is 0 Å². The largest absolute Gasteiger partial charge is 0.391 e. The molecule has 1 aromatic rings. The van der Waals surface area contributed by atoms with Gasteiger partial charge in [0.25, 0.3) is 0 Å². The van der Waals surface area contributed by atoms with Gasteiger partial charge in [-0.15, -0.1) is 0 Å². The summed E-state index contributed by atoms with van der Waals surface area (Å²) >= 11 is 5.85. The normalized spacial score (nSPS) is 25.4. The molecule has 0 radical (unpaired) electrons. The standard InChI is InChI=1S/C11H16ClN3O/c1-7-13-10(12)6-11(14-7)15-8-4-2-3-5-9(8)16/h6,8-9,16H,2-5H2,1H3,(H,13,14,15)/t8-,9-/m0/s1. The first-order chi connectivity index (χ1) is 7.65. The Morgan fingerprint density at radius 3 is 2.81 bits per heavy atom. The van der Waals surface area contributed by atoms with Gasteiger partial charge >= 0.3 is 0 Å². The molecule has 0 amide bonds. The second kappa shape index (κ2) is 4.97. The van der Waals surface area contributed by atoms with Crippen LogP contribution in [0.4, 0.5) is 5.82 Å². The monoisotopic (exact) mass is 241 g/mol. The zero-order chi connectivity index (χ0) is 11.5. The van der Waals surface area contributed by atoms with Crippen molar-refractivity contribution in [2.75, 3.05) is 5.32 Å². The minimum atomic E-state index is -0.289. The van der Waals surface area contributed by atoms with E-state index in [1.165, 1.54) is 0 Å². The molecule has 4 nitrogen and oxygen atoms in total. The van der Waals surface area contributed by atoms with E-state index in [2.05, 4.69) is 15.3 Å². The molecule has 0 aromatic carbocycles. The van der Waals surface area contributed by atoms with Crippen molar-refractivity contribution in [1.29, 1.82) is 0 Å². The SMILES string of the molecule is Cc1nc(Cl)cc(N[C@H]2CCCC[C@@H]2O)n1. The summed E-state index contributed by atoms with van der Waals surface area (Å²) in [5.41, 5.74) is 0. The lowest BCUT2D eigenvalue weighted by Crippen LogP contribution is -2.36. The fraction of sp³-hybridized carbons (Fsp3) is 0.636. The molecule has 5 heteroatoms. The molecule has 2 N–H and O–H groups in total. The first-order valence-corrected chi connectivity index (χ1v) is 5.99. The second-order valence-electron chi connectivity index (χ2n) is 4.23. The quantitative estimate of drug-likeness (QED) is 0.779. The van der Waals surface area contributed by atoms with E-state index in [4.69, 9.17) is 11.6 Å². The van der Waals surface area contributed by atoms with Crippen LogP contribution in [0.1, 0.15) is 31.5 Å². The van der Waals surface area contributed by atoms with E-state index in [9.17, 15) is 5.11 Å². The number of nitrogens with one attached hydrogen (secondary N) is 1. The number of halogens is 1. The Kier molecular flexibility index (Phi) is 3.61. The van der Waals surface area contributed by atoms with Gasteiger partial charge in [0.15, 0.2) is 0 Å². The number of aliphatic hydroxyl groups excluding tert-OH is 1. The predicted octanol–water partition coefficient (Wildman–Crippen LogP) is 2.15. The summed E-state index contributed by atoms with van der Waals surface area (Å²) in [6.45, 7) is 1.80. The Morgan fingerprint density at radius 2 is 2.12 bits per heavy atom. The maximum Gasteiger partial charge on any atom is 0.134 e. The number of hydrogen-bond donors (Lipinski definition) is 2. The van der Waals surface area contributed by atoms with E-state index in [-0.39, 0.29) is 12.1 Å². The number of aliphatic hydroxyl groups is 1. The van der Waals surface area contributed by atoms with Crippen LogP contribution in [0, 0.1) is 6.92 Å². The average molecular weight is 242 g/mol. The molecule has 1 aliphatic rings. The molecule has 0 unspecified atom stereocenters. The third-order valence-electron chi connectivity index (χ3n) is 2.87. The Labute approximate surface area is 100 Å². The Balaban J connectivity index is 2.07. The molecule has 1 aliphatic carbocycles. The van der Waals surface area contributed by atoms with E-state index >= 15 is 0 Å². The van der Waals surface area contributed by atoms with Crippen molar-refractivity contribution in [2.24, 2.45) is 0 Å². The highest BCUT2D eigenvalue weighted by atomic mass is 35.5. The van der Waals surface area contributed by atoms with E-state index in [1.807, 2.05) is 0 Å². The van der Waals surface area contributed by atoms with Crippen LogP contribution in [0.25, 0.3) is 0 Å². The zero-order valence-electron chi connectivity index (χ0n) is 9.28. The summed E-state index contributed by atoms with van der Waals surface area (Å²) in [6, 6.07) is 1.77. The van der Waals surface area contributed by atoms with Crippen LogP contribution in [0.2, 0.25) is 5.15 Å². The van der Waals surface area contributed by atoms with Crippen LogP contribution in [0.15, 0.2) is 6.07 Å². The molecule has 0 spiro atoms. The van der Waals surface area contributed by atoms with Gasteiger partial charge in [-0.05, 0) is 19.8 Å². The van der Waals surface area contributed by atoms with Crippen molar-refractivity contribution in [3.05, 3.63) is 17.0 Å². The van der Waals surface area contributed by atoms with Gasteiger partial charge in [-0.25, -0.2) is 9.97 Å². The number of nitrogens with zero attached hydrogens (tertiary/aromatic N) is 2. The molecule has 0 saturated heterocycles. The van der Waals surface area contributed by atoms with E-state index in [1.54, 1.807) is 13.0 Å². The van der Waals surface area contributed by atoms with Crippen molar-refractivity contribution in [3.8, 4) is 0 Å². The van der Waals surface area contributed by atoms with Gasteiger partial charge in [-0.2, -0.15) is 0 Å². The predicted molar refractivity (Wildman–Crippen MR) is 63.7 cm³/mol. The van der Waals surface area contributed by atoms with Crippen LogP contribution in [0.5, 0.6) is 0 Å². The molecular formula is C11H16ClN3O. The van der Waals surface area contributed by atoms with E-state index < -0.39 is 0 Å². The van der Waals surface area contributed by atoms with Gasteiger partial charge < -0.3 is 10.4 Å². The van der Waals surface area contributed by atoms with Crippen LogP contribution in [-0.4, -0.2) is 27.2 Å². The minimum absolute atomic E-state index is 0.0825. The van der Waals surface area contributed by atoms with Gasteiger partial charge in [-0.1, -0.05) is 24.4 Å². The fourth-order valence-electron chi connectivity index (χ4n) is 2.07. The molecule has 16 heavy (non-hydrogen) atoms. The van der Waals surface area contributed by atoms with Crippen LogP contribution >= 0.6 is 11.6 Å². The number of anilines is 1. The molecule has 2 rings (SSSR count). The van der Waals surface area contributed by atoms with Crippen LogP contribution < -0.4 is 5.32 Å². The lowest BCUT2D eigenvalue weighted by atomic mass is 9.93. The zero-order valence-corrected chi connectivity index (χ0v) is 10.0. The third-order valence-corrected chi connectivity index (χ3v) is 3.06. The van der Waals surface area contributed by atoms with Crippen LogP contribution in [-0.2, 0) is 0 Å². The molecule has 1 fully saturated rings. The summed E-state index contributed by atoms with van der Waals surface area (Å²) in [5, 5.41) is 13.5. The van der Waals surface area contributed by atoms with E-state index in [0.717, 1.165) is 25.7 Å². The molecule has 0 bridgehead atoms. The summed E-state index contributed by atoms with van der Waals surface area (Å²) in [6.07, 6.45) is 3.79. The molecule has 0 aliphatic heterocycles. The number of aromatic nitrogens is 2. The summed E-state index contributed by atoms with van der Waals surface area (Å²) in [4.78, 5) is 8.24. The summed E-state index contributed by atoms with van der Waals surface area (Å²) < 4.78 is 0. The van der Waals surface area contributed by atoms with E-state index in [0.29, 0.717) is 16.8 Å². The van der Waals surface area contributed by atoms with Gasteiger partial charge in [-0.3, -0.25) is 0 Å². The Hall–Kier alpha value is -0.870. The first kappa shape index (κ1) is 11.6. The molecule has 88 valence electrons. The molecule has 2 atom stereocenters. The maximum atomic E-state index is 9.83. The number of hydrogen-bond acceptors (Lipinski definition) is 4. The van der Waals surface area contributed by atoms with Gasteiger partial charge in [0, 0.05) is 6.07 Å². The molecular weight excluding hydrogens is 226 g/mol. The number of aryl methyl sites for hydroxylation is 1. The Morgan fingerprint density at radius 1 is 1.38 bits per heavy atom. The summed E-state index contributed by atoms with van der Waals surface area (Å²) in [7, 11) is 0. The van der Waals surface area contributed by atoms with Crippen molar-refractivity contribution >= 4 is 17.4 Å². The third kappa shape index (κ3) is 2.83. The molecule has 1 saturated carbocycles. The Bertz CT molecular complexity index is 352. The van der Waals surface area contributed by atoms with Crippen molar-refractivity contribution in [3.63, 3.8) is 0 Å². The summed E-state index contributed by atoms with van der Waals surface area (Å²) in [5.74, 6) is 1.34. The van der Waals surface area contributed by atoms with Crippen molar-refractivity contribution < 1.29 is 5.11 Å². The van der Waals surface area contributed by atoms with Crippen molar-refractivity contribution in [2.45, 2.75) is 44.8 Å². The lowest BCUT2D eigenvalue weighted by molar-refractivity contribution is 0.116. The number of rotatable bonds is 2. The molecule has 1 aromatic heterocycles. The maximum absolute atomic E-state index is 9.83. The second-order valence-corrected chi connectivity index (χ2v) is 4.61. The highest BCUT2D eigenvalue weighted by Gasteiger charge is 2.23. The van der Waals surface area contributed by atoms with Gasteiger partial charge in [0.05, 0.1) is 12.1 Å². The highest BCUT2D eigenvalue weighted by molar-refractivity contribution is 6.29. The van der Waals surface area contributed by atoms with Crippen molar-refractivity contribution in [1.82, 2.24) is 9.97 Å².